The molecule has 0 saturated heterocycles. The molecular formula is C23H21N5O2. The van der Waals surface area contributed by atoms with E-state index >= 15 is 0 Å². The van der Waals surface area contributed by atoms with Crippen molar-refractivity contribution in [3.63, 3.8) is 0 Å². The molecule has 0 radical (unpaired) electrons. The zero-order valence-electron chi connectivity index (χ0n) is 16.3. The Morgan fingerprint density at radius 3 is 2.70 bits per heavy atom. The molecule has 0 fully saturated rings. The van der Waals surface area contributed by atoms with Crippen molar-refractivity contribution in [1.29, 1.82) is 0 Å². The number of rotatable bonds is 4. The van der Waals surface area contributed by atoms with Gasteiger partial charge in [-0.3, -0.25) is 9.59 Å². The number of carbonyl (C=O) groups is 2. The van der Waals surface area contributed by atoms with Crippen molar-refractivity contribution in [1.82, 2.24) is 25.0 Å². The van der Waals surface area contributed by atoms with E-state index in [-0.39, 0.29) is 18.4 Å². The molecule has 1 aliphatic heterocycles. The molecule has 4 aromatic rings. The fourth-order valence-corrected chi connectivity index (χ4v) is 3.89. The van der Waals surface area contributed by atoms with Crippen molar-refractivity contribution in [3.8, 4) is 5.69 Å². The molecule has 2 N–H and O–H groups in total. The molecule has 30 heavy (non-hydrogen) atoms. The van der Waals surface area contributed by atoms with Crippen LogP contribution in [-0.2, 0) is 17.8 Å². The number of hydrogen-bond acceptors (Lipinski definition) is 3. The number of H-pyrrole nitrogens is 1. The van der Waals surface area contributed by atoms with Gasteiger partial charge in [-0.25, -0.2) is 4.68 Å². The van der Waals surface area contributed by atoms with E-state index in [0.717, 1.165) is 34.3 Å². The van der Waals surface area contributed by atoms with Gasteiger partial charge >= 0.3 is 0 Å². The third-order valence-corrected chi connectivity index (χ3v) is 5.46. The zero-order chi connectivity index (χ0) is 20.5. The third kappa shape index (κ3) is 3.34. The van der Waals surface area contributed by atoms with Crippen molar-refractivity contribution >= 4 is 22.7 Å². The Labute approximate surface area is 173 Å². The molecule has 2 aromatic carbocycles. The predicted molar refractivity (Wildman–Crippen MR) is 113 cm³/mol. The second kappa shape index (κ2) is 7.51. The zero-order valence-corrected chi connectivity index (χ0v) is 16.3. The molecule has 7 nitrogen and oxygen atoms in total. The summed E-state index contributed by atoms with van der Waals surface area (Å²) in [5.74, 6) is -0.383. The molecule has 1 aliphatic rings. The van der Waals surface area contributed by atoms with E-state index in [0.29, 0.717) is 18.8 Å². The number of nitrogens with zero attached hydrogens (tertiary/aromatic N) is 3. The van der Waals surface area contributed by atoms with Crippen LogP contribution in [-0.4, -0.2) is 44.6 Å². The molecule has 0 spiro atoms. The lowest BCUT2D eigenvalue weighted by atomic mass is 10.1. The topological polar surface area (TPSA) is 83.0 Å². The van der Waals surface area contributed by atoms with E-state index in [1.54, 1.807) is 11.0 Å². The first-order chi connectivity index (χ1) is 14.7. The van der Waals surface area contributed by atoms with Gasteiger partial charge in [0.15, 0.2) is 0 Å². The summed E-state index contributed by atoms with van der Waals surface area (Å²) in [5.41, 5.74) is 4.54. The van der Waals surface area contributed by atoms with Gasteiger partial charge in [-0.15, -0.1) is 0 Å². The van der Waals surface area contributed by atoms with Crippen LogP contribution in [0.4, 0.5) is 0 Å². The lowest BCUT2D eigenvalue weighted by Crippen LogP contribution is -2.42. The van der Waals surface area contributed by atoms with Crippen molar-refractivity contribution < 1.29 is 9.59 Å². The van der Waals surface area contributed by atoms with E-state index in [4.69, 9.17) is 0 Å². The van der Waals surface area contributed by atoms with Crippen LogP contribution in [0.3, 0.4) is 0 Å². The van der Waals surface area contributed by atoms with Gasteiger partial charge in [0, 0.05) is 36.0 Å². The number of hydrogen-bond donors (Lipinski definition) is 2. The van der Waals surface area contributed by atoms with Crippen molar-refractivity contribution in [2.24, 2.45) is 0 Å². The molecule has 0 saturated carbocycles. The maximum Gasteiger partial charge on any atom is 0.268 e. The van der Waals surface area contributed by atoms with Gasteiger partial charge in [0.25, 0.3) is 5.91 Å². The molecule has 150 valence electrons. The predicted octanol–water partition coefficient (Wildman–Crippen LogP) is 2.67. The van der Waals surface area contributed by atoms with Crippen LogP contribution in [0.25, 0.3) is 16.6 Å². The maximum absolute atomic E-state index is 12.7. The Morgan fingerprint density at radius 2 is 1.87 bits per heavy atom. The summed E-state index contributed by atoms with van der Waals surface area (Å²) >= 11 is 0. The molecule has 0 atom stereocenters. The molecular weight excluding hydrogens is 378 g/mol. The minimum atomic E-state index is -0.283. The minimum absolute atomic E-state index is 0.0314. The van der Waals surface area contributed by atoms with Gasteiger partial charge in [-0.05, 0) is 24.3 Å². The largest absolute Gasteiger partial charge is 0.351 e. The number of fused-ring (bicyclic) bond motifs is 2. The summed E-state index contributed by atoms with van der Waals surface area (Å²) in [7, 11) is 0. The van der Waals surface area contributed by atoms with E-state index in [1.807, 2.05) is 65.5 Å². The number of carbonyl (C=O) groups excluding carboxylic acids is 2. The molecule has 0 unspecified atom stereocenters. The standard InChI is InChI=1S/C23H21N5O2/c29-22(14-24-23(30)20-12-16-6-4-5-9-19(16)26-20)27-11-10-21-17(15-27)13-25-28(21)18-7-2-1-3-8-18/h1-9,12-13,26H,10-11,14-15H2,(H,24,30). The maximum atomic E-state index is 12.7. The monoisotopic (exact) mass is 399 g/mol. The summed E-state index contributed by atoms with van der Waals surface area (Å²) in [6.07, 6.45) is 2.55. The Kier molecular flexibility index (Phi) is 4.55. The quantitative estimate of drug-likeness (QED) is 0.553. The molecule has 2 amide bonds. The Balaban J connectivity index is 1.23. The summed E-state index contributed by atoms with van der Waals surface area (Å²) in [5, 5.41) is 8.20. The average molecular weight is 399 g/mol. The molecule has 7 heteroatoms. The fourth-order valence-electron chi connectivity index (χ4n) is 3.89. The molecule has 0 aliphatic carbocycles. The molecule has 5 rings (SSSR count). The van der Waals surface area contributed by atoms with Crippen LogP contribution >= 0.6 is 0 Å². The Bertz CT molecular complexity index is 1190. The highest BCUT2D eigenvalue weighted by Crippen LogP contribution is 2.22. The van der Waals surface area contributed by atoms with Gasteiger partial charge in [-0.2, -0.15) is 5.10 Å². The SMILES string of the molecule is O=C(NCC(=O)N1CCc2c(cnn2-c2ccccc2)C1)c1cc2ccccc2[nH]1. The molecule has 3 heterocycles. The van der Waals surface area contributed by atoms with Crippen molar-refractivity contribution in [2.75, 3.05) is 13.1 Å². The lowest BCUT2D eigenvalue weighted by Gasteiger charge is -2.27. The van der Waals surface area contributed by atoms with Crippen LogP contribution in [0.2, 0.25) is 0 Å². The fraction of sp³-hybridized carbons (Fsp3) is 0.174. The first-order valence-electron chi connectivity index (χ1n) is 9.94. The van der Waals surface area contributed by atoms with Crippen LogP contribution in [0.1, 0.15) is 21.7 Å². The van der Waals surface area contributed by atoms with Gasteiger partial charge < -0.3 is 15.2 Å². The van der Waals surface area contributed by atoms with Crippen molar-refractivity contribution in [3.05, 3.63) is 83.8 Å². The first-order valence-corrected chi connectivity index (χ1v) is 9.94. The Hall–Kier alpha value is -3.87. The van der Waals surface area contributed by atoms with Gasteiger partial charge in [-0.1, -0.05) is 36.4 Å². The van der Waals surface area contributed by atoms with Crippen LogP contribution in [0.15, 0.2) is 66.9 Å². The number of aromatic nitrogens is 3. The number of amides is 2. The molecule has 2 aromatic heterocycles. The smallest absolute Gasteiger partial charge is 0.268 e. The van der Waals surface area contributed by atoms with Gasteiger partial charge in [0.2, 0.25) is 5.91 Å². The summed E-state index contributed by atoms with van der Waals surface area (Å²) in [6.45, 7) is 1.08. The van der Waals surface area contributed by atoms with Crippen LogP contribution in [0.5, 0.6) is 0 Å². The second-order valence-electron chi connectivity index (χ2n) is 7.38. The molecule has 0 bridgehead atoms. The highest BCUT2D eigenvalue weighted by Gasteiger charge is 2.24. The van der Waals surface area contributed by atoms with E-state index < -0.39 is 0 Å². The number of para-hydroxylation sites is 2. The minimum Gasteiger partial charge on any atom is -0.351 e. The number of nitrogens with one attached hydrogen (secondary N) is 2. The first kappa shape index (κ1) is 18.2. The van der Waals surface area contributed by atoms with Gasteiger partial charge in [0.1, 0.15) is 5.69 Å². The van der Waals surface area contributed by atoms with E-state index in [9.17, 15) is 9.59 Å². The number of aromatic amines is 1. The van der Waals surface area contributed by atoms with E-state index in [2.05, 4.69) is 15.4 Å². The average Bonchev–Trinajstić information content (AvgIpc) is 3.41. The van der Waals surface area contributed by atoms with Gasteiger partial charge in [0.05, 0.1) is 24.1 Å². The number of benzene rings is 2. The normalized spacial score (nSPS) is 13.3. The van der Waals surface area contributed by atoms with E-state index in [1.165, 1.54) is 0 Å². The summed E-state index contributed by atoms with van der Waals surface area (Å²) in [6, 6.07) is 19.5. The lowest BCUT2D eigenvalue weighted by molar-refractivity contribution is -0.131. The van der Waals surface area contributed by atoms with Crippen LogP contribution in [0, 0.1) is 0 Å². The summed E-state index contributed by atoms with van der Waals surface area (Å²) in [4.78, 5) is 30.0. The highest BCUT2D eigenvalue weighted by molar-refractivity contribution is 5.99. The highest BCUT2D eigenvalue weighted by atomic mass is 16.2. The Morgan fingerprint density at radius 1 is 1.07 bits per heavy atom. The summed E-state index contributed by atoms with van der Waals surface area (Å²) < 4.78 is 1.94. The third-order valence-electron chi connectivity index (χ3n) is 5.46. The van der Waals surface area contributed by atoms with Crippen LogP contribution < -0.4 is 5.32 Å². The second-order valence-corrected chi connectivity index (χ2v) is 7.38. The van der Waals surface area contributed by atoms with Crippen molar-refractivity contribution in [2.45, 2.75) is 13.0 Å².